The van der Waals surface area contributed by atoms with Crippen LogP contribution >= 0.6 is 11.3 Å². The molecule has 2 atom stereocenters. The van der Waals surface area contributed by atoms with Crippen LogP contribution in [0.1, 0.15) is 17.2 Å². The van der Waals surface area contributed by atoms with Gasteiger partial charge in [0, 0.05) is 16.9 Å². The summed E-state index contributed by atoms with van der Waals surface area (Å²) >= 11 is 1.80. The molecular weight excluding hydrogens is 280 g/mol. The van der Waals surface area contributed by atoms with Crippen LogP contribution in [0.5, 0.6) is 5.75 Å². The molecule has 2 aromatic carbocycles. The van der Waals surface area contributed by atoms with Crippen LogP contribution < -0.4 is 0 Å². The molecule has 1 aromatic heterocycles. The molecule has 2 nitrogen and oxygen atoms in total. The Morgan fingerprint density at radius 2 is 1.81 bits per heavy atom. The van der Waals surface area contributed by atoms with Crippen molar-refractivity contribution in [3.05, 3.63) is 64.9 Å². The minimum Gasteiger partial charge on any atom is -0.507 e. The van der Waals surface area contributed by atoms with Crippen molar-refractivity contribution in [3.63, 3.8) is 0 Å². The van der Waals surface area contributed by atoms with Gasteiger partial charge in [-0.2, -0.15) is 0 Å². The van der Waals surface area contributed by atoms with Gasteiger partial charge in [-0.25, -0.2) is 0 Å². The fourth-order valence-corrected chi connectivity index (χ4v) is 3.44. The zero-order chi connectivity index (χ0) is 14.7. The third kappa shape index (κ3) is 3.26. The lowest BCUT2D eigenvalue weighted by molar-refractivity contribution is 0.274. The zero-order valence-electron chi connectivity index (χ0n) is 11.6. The highest BCUT2D eigenvalue weighted by molar-refractivity contribution is 7.10. The van der Waals surface area contributed by atoms with Crippen LogP contribution in [0.4, 0.5) is 0 Å². The Balaban J connectivity index is 0.000000126. The summed E-state index contributed by atoms with van der Waals surface area (Å²) in [5, 5.41) is 22.2. The summed E-state index contributed by atoms with van der Waals surface area (Å²) in [6.07, 6.45) is 1.19. The van der Waals surface area contributed by atoms with E-state index < -0.39 is 0 Å². The second-order valence-electron chi connectivity index (χ2n) is 5.30. The van der Waals surface area contributed by atoms with E-state index in [1.54, 1.807) is 17.4 Å². The lowest BCUT2D eigenvalue weighted by Crippen LogP contribution is -1.85. The highest BCUT2D eigenvalue weighted by Crippen LogP contribution is 2.48. The molecule has 3 aromatic rings. The Kier molecular flexibility index (Phi) is 4.23. The van der Waals surface area contributed by atoms with Gasteiger partial charge in [0.25, 0.3) is 0 Å². The highest BCUT2D eigenvalue weighted by atomic mass is 32.1. The summed E-state index contributed by atoms with van der Waals surface area (Å²) in [7, 11) is 0. The molecule has 1 saturated carbocycles. The molecule has 3 heteroatoms. The quantitative estimate of drug-likeness (QED) is 0.736. The van der Waals surface area contributed by atoms with E-state index >= 15 is 0 Å². The first kappa shape index (κ1) is 14.1. The molecule has 4 rings (SSSR count). The summed E-state index contributed by atoms with van der Waals surface area (Å²) < 4.78 is 0. The van der Waals surface area contributed by atoms with Gasteiger partial charge in [-0.3, -0.25) is 0 Å². The second-order valence-corrected chi connectivity index (χ2v) is 6.28. The van der Waals surface area contributed by atoms with Crippen molar-refractivity contribution < 1.29 is 10.2 Å². The topological polar surface area (TPSA) is 40.5 Å². The number of hydrogen-bond donors (Lipinski definition) is 2. The number of phenolic OH excluding ortho intramolecular Hbond substituents is 1. The van der Waals surface area contributed by atoms with Crippen LogP contribution in [0.3, 0.4) is 0 Å². The Morgan fingerprint density at radius 3 is 2.48 bits per heavy atom. The standard InChI is InChI=1S/C10H8O.C8H10OS/c11-10-7-3-5-8-4-1-2-6-9(8)10;9-5-6-4-7(6)8-2-1-3-10-8/h1-7,11H;1-3,6-7,9H,4-5H2/t;6-,7-/m.0/s1. The van der Waals surface area contributed by atoms with E-state index in [0.717, 1.165) is 10.8 Å². The van der Waals surface area contributed by atoms with Crippen LogP contribution in [0.2, 0.25) is 0 Å². The third-order valence-corrected chi connectivity index (χ3v) is 4.84. The van der Waals surface area contributed by atoms with E-state index in [1.165, 1.54) is 11.3 Å². The van der Waals surface area contributed by atoms with Gasteiger partial charge in [0.15, 0.2) is 0 Å². The fourth-order valence-electron chi connectivity index (χ4n) is 2.51. The van der Waals surface area contributed by atoms with Crippen molar-refractivity contribution in [2.24, 2.45) is 5.92 Å². The monoisotopic (exact) mass is 298 g/mol. The van der Waals surface area contributed by atoms with Gasteiger partial charge in [-0.1, -0.05) is 42.5 Å². The summed E-state index contributed by atoms with van der Waals surface area (Å²) in [5.74, 6) is 1.60. The molecular formula is C18H18O2S. The zero-order valence-corrected chi connectivity index (χ0v) is 12.5. The predicted molar refractivity (Wildman–Crippen MR) is 87.9 cm³/mol. The number of benzene rings is 2. The minimum atomic E-state index is 0.350. The molecule has 0 bridgehead atoms. The van der Waals surface area contributed by atoms with Crippen LogP contribution in [-0.4, -0.2) is 16.8 Å². The Hall–Kier alpha value is -1.84. The Morgan fingerprint density at radius 1 is 1.00 bits per heavy atom. The van der Waals surface area contributed by atoms with Crippen molar-refractivity contribution in [1.82, 2.24) is 0 Å². The number of phenols is 1. The van der Waals surface area contributed by atoms with E-state index in [1.807, 2.05) is 36.4 Å². The Labute approximate surface area is 128 Å². The van der Waals surface area contributed by atoms with Crippen LogP contribution in [0.15, 0.2) is 60.0 Å². The molecule has 0 radical (unpaired) electrons. The van der Waals surface area contributed by atoms with Crippen LogP contribution in [-0.2, 0) is 0 Å². The van der Waals surface area contributed by atoms with Gasteiger partial charge >= 0.3 is 0 Å². The largest absolute Gasteiger partial charge is 0.507 e. The summed E-state index contributed by atoms with van der Waals surface area (Å²) in [5.41, 5.74) is 0. The lowest BCUT2D eigenvalue weighted by atomic mass is 10.1. The Bertz CT molecular complexity index is 701. The molecule has 1 heterocycles. The molecule has 1 aliphatic rings. The maximum Gasteiger partial charge on any atom is 0.123 e. The number of rotatable bonds is 2. The van der Waals surface area contributed by atoms with Gasteiger partial charge in [0.1, 0.15) is 5.75 Å². The van der Waals surface area contributed by atoms with Gasteiger partial charge in [0.2, 0.25) is 0 Å². The average molecular weight is 298 g/mol. The highest BCUT2D eigenvalue weighted by Gasteiger charge is 2.37. The number of fused-ring (bicyclic) bond motifs is 1. The van der Waals surface area contributed by atoms with E-state index in [9.17, 15) is 5.11 Å². The van der Waals surface area contributed by atoms with Gasteiger partial charge < -0.3 is 10.2 Å². The van der Waals surface area contributed by atoms with E-state index in [0.29, 0.717) is 24.2 Å². The van der Waals surface area contributed by atoms with Gasteiger partial charge in [0.05, 0.1) is 0 Å². The molecule has 0 amide bonds. The van der Waals surface area contributed by atoms with Crippen LogP contribution in [0.25, 0.3) is 10.8 Å². The molecule has 1 fully saturated rings. The maximum absolute atomic E-state index is 9.37. The molecule has 0 aliphatic heterocycles. The number of aliphatic hydroxyl groups is 1. The maximum atomic E-state index is 9.37. The fraction of sp³-hybridized carbons (Fsp3) is 0.222. The van der Waals surface area contributed by atoms with E-state index in [-0.39, 0.29) is 0 Å². The lowest BCUT2D eigenvalue weighted by Gasteiger charge is -1.97. The van der Waals surface area contributed by atoms with Crippen molar-refractivity contribution in [2.45, 2.75) is 12.3 Å². The van der Waals surface area contributed by atoms with Crippen molar-refractivity contribution in [1.29, 1.82) is 0 Å². The van der Waals surface area contributed by atoms with Crippen LogP contribution in [0, 0.1) is 5.92 Å². The molecule has 108 valence electrons. The summed E-state index contributed by atoms with van der Waals surface area (Å²) in [4.78, 5) is 1.44. The van der Waals surface area contributed by atoms with Gasteiger partial charge in [-0.05, 0) is 41.2 Å². The number of thiophene rings is 1. The summed E-state index contributed by atoms with van der Waals surface area (Å²) in [6, 6.07) is 17.5. The number of aromatic hydroxyl groups is 1. The van der Waals surface area contributed by atoms with Gasteiger partial charge in [-0.15, -0.1) is 11.3 Å². The average Bonchev–Trinajstić information content (AvgIpc) is 3.12. The first-order valence-corrected chi connectivity index (χ1v) is 7.98. The number of hydrogen-bond acceptors (Lipinski definition) is 3. The third-order valence-electron chi connectivity index (χ3n) is 3.83. The number of aliphatic hydroxyl groups excluding tert-OH is 1. The second kappa shape index (κ2) is 6.29. The smallest absolute Gasteiger partial charge is 0.123 e. The molecule has 21 heavy (non-hydrogen) atoms. The SMILES string of the molecule is OC[C@@H]1C[C@@H]1c1cccs1.Oc1cccc2ccccc12. The van der Waals surface area contributed by atoms with Crippen molar-refractivity contribution in [3.8, 4) is 5.75 Å². The molecule has 0 unspecified atom stereocenters. The normalized spacial score (nSPS) is 19.9. The van der Waals surface area contributed by atoms with Crippen molar-refractivity contribution >= 4 is 22.1 Å². The predicted octanol–water partition coefficient (Wildman–Crippen LogP) is 4.39. The first-order chi connectivity index (χ1) is 10.3. The molecule has 0 saturated heterocycles. The summed E-state index contributed by atoms with van der Waals surface area (Å²) in [6.45, 7) is 0.364. The van der Waals surface area contributed by atoms with E-state index in [2.05, 4.69) is 17.5 Å². The molecule has 2 N–H and O–H groups in total. The molecule has 1 aliphatic carbocycles. The first-order valence-electron chi connectivity index (χ1n) is 7.10. The van der Waals surface area contributed by atoms with E-state index in [4.69, 9.17) is 5.11 Å². The molecule has 0 spiro atoms. The van der Waals surface area contributed by atoms with Crippen molar-refractivity contribution in [2.75, 3.05) is 6.61 Å². The minimum absolute atomic E-state index is 0.350.